The number of ketones is 1. The lowest BCUT2D eigenvalue weighted by molar-refractivity contribution is 0.104. The molecule has 2 aromatic rings. The van der Waals surface area contributed by atoms with Crippen molar-refractivity contribution < 1.29 is 18.7 Å². The number of ether oxygens (including phenoxy) is 2. The third-order valence-electron chi connectivity index (χ3n) is 3.05. The van der Waals surface area contributed by atoms with E-state index in [2.05, 4.69) is 0 Å². The molecule has 22 heavy (non-hydrogen) atoms. The van der Waals surface area contributed by atoms with Gasteiger partial charge >= 0.3 is 5.63 Å². The van der Waals surface area contributed by atoms with Crippen LogP contribution in [-0.2, 0) is 0 Å². The second kappa shape index (κ2) is 6.76. The number of hydrogen-bond donors (Lipinski definition) is 0. The van der Waals surface area contributed by atoms with Crippen molar-refractivity contribution in [2.24, 2.45) is 0 Å². The molecule has 0 bridgehead atoms. The lowest BCUT2D eigenvalue weighted by Gasteiger charge is -2.04. The third kappa shape index (κ3) is 3.44. The Morgan fingerprint density at radius 1 is 1.14 bits per heavy atom. The van der Waals surface area contributed by atoms with Crippen LogP contribution in [0.5, 0.6) is 11.5 Å². The summed E-state index contributed by atoms with van der Waals surface area (Å²) in [5, 5.41) is 0. The summed E-state index contributed by atoms with van der Waals surface area (Å²) in [5.74, 6) is 0.849. The molecule has 0 N–H and O–H groups in total. The highest BCUT2D eigenvalue weighted by atomic mass is 16.5. The van der Waals surface area contributed by atoms with Gasteiger partial charge in [-0.15, -0.1) is 0 Å². The first-order valence-corrected chi connectivity index (χ1v) is 6.60. The number of aryl methyl sites for hydroxylation is 1. The van der Waals surface area contributed by atoms with E-state index in [0.717, 1.165) is 11.3 Å². The molecule has 0 saturated heterocycles. The highest BCUT2D eigenvalue weighted by Crippen LogP contribution is 2.18. The molecule has 0 atom stereocenters. The fourth-order valence-corrected chi connectivity index (χ4v) is 1.94. The Labute approximate surface area is 127 Å². The Morgan fingerprint density at radius 3 is 2.41 bits per heavy atom. The monoisotopic (exact) mass is 300 g/mol. The molecule has 5 nitrogen and oxygen atoms in total. The maximum atomic E-state index is 12.2. The number of methoxy groups -OCH3 is 2. The molecular formula is C17H16O5. The van der Waals surface area contributed by atoms with Gasteiger partial charge in [-0.25, -0.2) is 4.79 Å². The summed E-state index contributed by atoms with van der Waals surface area (Å²) in [7, 11) is 2.98. The van der Waals surface area contributed by atoms with Crippen LogP contribution in [0.25, 0.3) is 6.08 Å². The molecular weight excluding hydrogens is 284 g/mol. The molecule has 0 saturated carbocycles. The first-order valence-electron chi connectivity index (χ1n) is 6.60. The average Bonchev–Trinajstić information content (AvgIpc) is 2.52. The van der Waals surface area contributed by atoms with Crippen LogP contribution >= 0.6 is 0 Å². The van der Waals surface area contributed by atoms with Crippen LogP contribution in [0.15, 0.2) is 45.6 Å². The SMILES string of the molecule is COc1ccc(C=CC(=O)c2c(OC)cc(C)oc2=O)cc1. The van der Waals surface area contributed by atoms with Gasteiger partial charge in [0.05, 0.1) is 14.2 Å². The van der Waals surface area contributed by atoms with E-state index in [0.29, 0.717) is 5.76 Å². The van der Waals surface area contributed by atoms with Crippen molar-refractivity contribution in [2.75, 3.05) is 14.2 Å². The lowest BCUT2D eigenvalue weighted by Crippen LogP contribution is -2.14. The quantitative estimate of drug-likeness (QED) is 0.627. The van der Waals surface area contributed by atoms with E-state index in [9.17, 15) is 9.59 Å². The van der Waals surface area contributed by atoms with Crippen molar-refractivity contribution in [3.63, 3.8) is 0 Å². The minimum Gasteiger partial charge on any atom is -0.497 e. The van der Waals surface area contributed by atoms with E-state index < -0.39 is 11.4 Å². The summed E-state index contributed by atoms with van der Waals surface area (Å²) in [6, 6.07) is 8.68. The van der Waals surface area contributed by atoms with Crippen LogP contribution in [0.2, 0.25) is 0 Å². The van der Waals surface area contributed by atoms with Crippen LogP contribution in [0.3, 0.4) is 0 Å². The Kier molecular flexibility index (Phi) is 4.78. The highest BCUT2D eigenvalue weighted by Gasteiger charge is 2.17. The van der Waals surface area contributed by atoms with Gasteiger partial charge in [0.25, 0.3) is 0 Å². The Hall–Kier alpha value is -2.82. The maximum Gasteiger partial charge on any atom is 0.351 e. The zero-order valence-corrected chi connectivity index (χ0v) is 12.6. The first kappa shape index (κ1) is 15.6. The average molecular weight is 300 g/mol. The fourth-order valence-electron chi connectivity index (χ4n) is 1.94. The molecule has 0 aliphatic heterocycles. The molecule has 1 heterocycles. The molecule has 0 aliphatic rings. The Morgan fingerprint density at radius 2 is 1.82 bits per heavy atom. The zero-order chi connectivity index (χ0) is 16.1. The lowest BCUT2D eigenvalue weighted by atomic mass is 10.1. The topological polar surface area (TPSA) is 65.7 Å². The van der Waals surface area contributed by atoms with Crippen LogP contribution < -0.4 is 15.1 Å². The second-order valence-electron chi connectivity index (χ2n) is 4.56. The molecule has 0 amide bonds. The molecule has 1 aromatic carbocycles. The van der Waals surface area contributed by atoms with Gasteiger partial charge in [-0.05, 0) is 30.7 Å². The van der Waals surface area contributed by atoms with Gasteiger partial charge in [0, 0.05) is 6.07 Å². The second-order valence-corrected chi connectivity index (χ2v) is 4.56. The van der Waals surface area contributed by atoms with E-state index in [1.165, 1.54) is 19.3 Å². The molecule has 0 spiro atoms. The summed E-state index contributed by atoms with van der Waals surface area (Å²) in [6.07, 6.45) is 2.92. The standard InChI is InChI=1S/C17H16O5/c1-11-10-15(21-3)16(17(19)22-11)14(18)9-6-12-4-7-13(20-2)8-5-12/h4-10H,1-3H3. The van der Waals surface area contributed by atoms with E-state index in [-0.39, 0.29) is 11.3 Å². The van der Waals surface area contributed by atoms with E-state index in [1.54, 1.807) is 44.4 Å². The van der Waals surface area contributed by atoms with Crippen molar-refractivity contribution in [1.29, 1.82) is 0 Å². The van der Waals surface area contributed by atoms with Crippen LogP contribution in [0, 0.1) is 6.92 Å². The molecule has 0 unspecified atom stereocenters. The summed E-state index contributed by atoms with van der Waals surface area (Å²) in [6.45, 7) is 1.62. The minimum atomic E-state index is -0.707. The number of carbonyl (C=O) groups excluding carboxylic acids is 1. The number of carbonyl (C=O) groups is 1. The van der Waals surface area contributed by atoms with Gasteiger partial charge in [-0.3, -0.25) is 4.79 Å². The molecule has 114 valence electrons. The van der Waals surface area contributed by atoms with Crippen molar-refractivity contribution >= 4 is 11.9 Å². The largest absolute Gasteiger partial charge is 0.497 e. The van der Waals surface area contributed by atoms with Crippen molar-refractivity contribution in [1.82, 2.24) is 0 Å². The summed E-state index contributed by atoms with van der Waals surface area (Å²) in [5.41, 5.74) is -0.0105. The Balaban J connectivity index is 2.28. The predicted octanol–water partition coefficient (Wildman–Crippen LogP) is 2.86. The number of allylic oxidation sites excluding steroid dienone is 1. The number of hydrogen-bond acceptors (Lipinski definition) is 5. The maximum absolute atomic E-state index is 12.2. The summed E-state index contributed by atoms with van der Waals surface area (Å²) >= 11 is 0. The van der Waals surface area contributed by atoms with Crippen LogP contribution in [-0.4, -0.2) is 20.0 Å². The molecule has 1 aromatic heterocycles. The van der Waals surface area contributed by atoms with Crippen LogP contribution in [0.1, 0.15) is 21.7 Å². The molecule has 5 heteroatoms. The molecule has 2 rings (SSSR count). The number of benzene rings is 1. The first-order chi connectivity index (χ1) is 10.5. The minimum absolute atomic E-state index is 0.113. The summed E-state index contributed by atoms with van der Waals surface area (Å²) in [4.78, 5) is 24.0. The van der Waals surface area contributed by atoms with Crippen molar-refractivity contribution in [2.45, 2.75) is 6.92 Å². The van der Waals surface area contributed by atoms with Gasteiger partial charge < -0.3 is 13.9 Å². The smallest absolute Gasteiger partial charge is 0.351 e. The van der Waals surface area contributed by atoms with Crippen molar-refractivity contribution in [3.8, 4) is 11.5 Å². The Bertz CT molecular complexity index is 754. The van der Waals surface area contributed by atoms with Crippen LogP contribution in [0.4, 0.5) is 0 Å². The number of rotatable bonds is 5. The van der Waals surface area contributed by atoms with Crippen molar-refractivity contribution in [3.05, 3.63) is 63.7 Å². The van der Waals surface area contributed by atoms with E-state index in [4.69, 9.17) is 13.9 Å². The van der Waals surface area contributed by atoms with Gasteiger partial charge in [-0.1, -0.05) is 18.2 Å². The molecule has 0 fully saturated rings. The van der Waals surface area contributed by atoms with E-state index in [1.807, 2.05) is 0 Å². The highest BCUT2D eigenvalue weighted by molar-refractivity contribution is 6.08. The van der Waals surface area contributed by atoms with Gasteiger partial charge in [0.2, 0.25) is 0 Å². The van der Waals surface area contributed by atoms with Gasteiger partial charge in [-0.2, -0.15) is 0 Å². The molecule has 0 aliphatic carbocycles. The molecule has 0 radical (unpaired) electrons. The van der Waals surface area contributed by atoms with Gasteiger partial charge in [0.15, 0.2) is 5.78 Å². The normalized spacial score (nSPS) is 10.7. The summed E-state index contributed by atoms with van der Waals surface area (Å²) < 4.78 is 15.1. The third-order valence-corrected chi connectivity index (χ3v) is 3.05. The van der Waals surface area contributed by atoms with Gasteiger partial charge in [0.1, 0.15) is 22.8 Å². The van der Waals surface area contributed by atoms with E-state index >= 15 is 0 Å². The predicted molar refractivity (Wildman–Crippen MR) is 82.6 cm³/mol. The fraction of sp³-hybridized carbons (Fsp3) is 0.176. The zero-order valence-electron chi connectivity index (χ0n) is 12.6.